The normalized spacial score (nSPS) is 10.2. The molecule has 8 heteroatoms. The van der Waals surface area contributed by atoms with Crippen LogP contribution in [0.3, 0.4) is 0 Å². The summed E-state index contributed by atoms with van der Waals surface area (Å²) in [5.41, 5.74) is 0.400. The van der Waals surface area contributed by atoms with E-state index in [9.17, 15) is 9.59 Å². The Hall–Kier alpha value is -2.22. The number of hydrogen-bond donors (Lipinski definition) is 1. The number of halogens is 1. The number of aromatic nitrogens is 2. The fourth-order valence-electron chi connectivity index (χ4n) is 1.64. The maximum atomic E-state index is 12.1. The molecular weight excluding hydrogens is 340 g/mol. The molecule has 0 aliphatic heterocycles. The van der Waals surface area contributed by atoms with Gasteiger partial charge in [0.15, 0.2) is 5.82 Å². The Morgan fingerprint density at radius 2 is 2.14 bits per heavy atom. The highest BCUT2D eigenvalue weighted by molar-refractivity contribution is 9.10. The van der Waals surface area contributed by atoms with E-state index in [1.54, 1.807) is 25.3 Å². The van der Waals surface area contributed by atoms with E-state index in [1.807, 2.05) is 0 Å². The predicted octanol–water partition coefficient (Wildman–Crippen LogP) is 1.85. The number of likely N-dealkylation sites (N-methyl/N-ethyl adjacent to an activating group) is 1. The number of carbonyl (C=O) groups is 2. The molecule has 0 saturated carbocycles. The standard InChI is InChI=1S/C13H13BrN4O3/c1-8-3-11(17-21-8)16-12(19)7-18(2)13(20)9-4-10(14)6-15-5-9/h3-6H,7H2,1-2H3,(H,16,17,19). The van der Waals surface area contributed by atoms with Gasteiger partial charge in [-0.2, -0.15) is 0 Å². The third kappa shape index (κ3) is 4.12. The lowest BCUT2D eigenvalue weighted by atomic mass is 10.2. The summed E-state index contributed by atoms with van der Waals surface area (Å²) in [6.45, 7) is 1.62. The molecule has 2 rings (SSSR count). The molecular formula is C13H13BrN4O3. The van der Waals surface area contributed by atoms with Crippen molar-refractivity contribution in [3.05, 3.63) is 40.3 Å². The summed E-state index contributed by atoms with van der Waals surface area (Å²) in [7, 11) is 1.54. The summed E-state index contributed by atoms with van der Waals surface area (Å²) < 4.78 is 5.54. The number of anilines is 1. The summed E-state index contributed by atoms with van der Waals surface area (Å²) in [4.78, 5) is 29.2. The van der Waals surface area contributed by atoms with Gasteiger partial charge in [0.1, 0.15) is 5.76 Å². The van der Waals surface area contributed by atoms with E-state index in [0.29, 0.717) is 21.6 Å². The van der Waals surface area contributed by atoms with Gasteiger partial charge in [0, 0.05) is 30.0 Å². The highest BCUT2D eigenvalue weighted by atomic mass is 79.9. The van der Waals surface area contributed by atoms with Gasteiger partial charge in [0.25, 0.3) is 5.91 Å². The molecule has 0 aromatic carbocycles. The van der Waals surface area contributed by atoms with E-state index >= 15 is 0 Å². The van der Waals surface area contributed by atoms with Crippen LogP contribution >= 0.6 is 15.9 Å². The van der Waals surface area contributed by atoms with Gasteiger partial charge in [-0.05, 0) is 28.9 Å². The highest BCUT2D eigenvalue weighted by Crippen LogP contribution is 2.11. The van der Waals surface area contributed by atoms with Crippen molar-refractivity contribution in [3.63, 3.8) is 0 Å². The number of hydrogen-bond acceptors (Lipinski definition) is 5. The molecule has 0 aliphatic rings. The van der Waals surface area contributed by atoms with Crippen LogP contribution in [0.15, 0.2) is 33.5 Å². The van der Waals surface area contributed by atoms with E-state index in [-0.39, 0.29) is 18.4 Å². The second kappa shape index (κ2) is 6.49. The van der Waals surface area contributed by atoms with E-state index in [4.69, 9.17) is 4.52 Å². The zero-order valence-electron chi connectivity index (χ0n) is 11.5. The summed E-state index contributed by atoms with van der Waals surface area (Å²) >= 11 is 3.25. The minimum atomic E-state index is -0.359. The van der Waals surface area contributed by atoms with Crippen LogP contribution in [0.5, 0.6) is 0 Å². The van der Waals surface area contributed by atoms with Gasteiger partial charge in [-0.3, -0.25) is 14.6 Å². The Bertz CT molecular complexity index is 671. The first kappa shape index (κ1) is 15.2. The summed E-state index contributed by atoms with van der Waals surface area (Å²) in [5.74, 6) is 0.259. The second-order valence-corrected chi connectivity index (χ2v) is 5.34. The van der Waals surface area contributed by atoms with Gasteiger partial charge in [-0.25, -0.2) is 0 Å². The molecule has 2 aromatic heterocycles. The van der Waals surface area contributed by atoms with E-state index < -0.39 is 0 Å². The first-order valence-corrected chi connectivity index (χ1v) is 6.84. The molecule has 2 amide bonds. The van der Waals surface area contributed by atoms with Crippen LogP contribution in [0, 0.1) is 6.92 Å². The Morgan fingerprint density at radius 1 is 1.38 bits per heavy atom. The van der Waals surface area contributed by atoms with Gasteiger partial charge in [-0.1, -0.05) is 5.16 Å². The third-order valence-electron chi connectivity index (χ3n) is 2.57. The summed E-state index contributed by atoms with van der Waals surface area (Å²) in [5, 5.41) is 6.20. The van der Waals surface area contributed by atoms with Crippen LogP contribution in [0.1, 0.15) is 16.1 Å². The molecule has 0 saturated heterocycles. The van der Waals surface area contributed by atoms with Crippen molar-refractivity contribution >= 4 is 33.6 Å². The second-order valence-electron chi connectivity index (χ2n) is 4.42. The lowest BCUT2D eigenvalue weighted by Crippen LogP contribution is -2.35. The first-order valence-electron chi connectivity index (χ1n) is 6.05. The number of aryl methyl sites for hydroxylation is 1. The Labute approximate surface area is 129 Å². The first-order chi connectivity index (χ1) is 9.95. The van der Waals surface area contributed by atoms with Gasteiger partial charge >= 0.3 is 0 Å². The van der Waals surface area contributed by atoms with Gasteiger partial charge < -0.3 is 14.7 Å². The van der Waals surface area contributed by atoms with Crippen LogP contribution < -0.4 is 5.32 Å². The van der Waals surface area contributed by atoms with Crippen molar-refractivity contribution in [2.75, 3.05) is 18.9 Å². The monoisotopic (exact) mass is 352 g/mol. The lowest BCUT2D eigenvalue weighted by molar-refractivity contribution is -0.116. The molecule has 0 aliphatic carbocycles. The maximum Gasteiger partial charge on any atom is 0.255 e. The van der Waals surface area contributed by atoms with Crippen molar-refractivity contribution in [1.82, 2.24) is 15.0 Å². The van der Waals surface area contributed by atoms with Crippen LogP contribution in [-0.2, 0) is 4.79 Å². The molecule has 0 atom stereocenters. The van der Waals surface area contributed by atoms with E-state index in [0.717, 1.165) is 0 Å². The maximum absolute atomic E-state index is 12.1. The SMILES string of the molecule is Cc1cc(NC(=O)CN(C)C(=O)c2cncc(Br)c2)no1. The topological polar surface area (TPSA) is 88.3 Å². The third-order valence-corrected chi connectivity index (χ3v) is 3.01. The van der Waals surface area contributed by atoms with Crippen molar-refractivity contribution < 1.29 is 14.1 Å². The predicted molar refractivity (Wildman–Crippen MR) is 78.8 cm³/mol. The summed E-state index contributed by atoms with van der Waals surface area (Å²) in [6.07, 6.45) is 3.03. The molecule has 0 fully saturated rings. The average Bonchev–Trinajstić information content (AvgIpc) is 2.82. The molecule has 2 aromatic rings. The van der Waals surface area contributed by atoms with Crippen LogP contribution in [0.25, 0.3) is 0 Å². The molecule has 1 N–H and O–H groups in total. The molecule has 0 radical (unpaired) electrons. The van der Waals surface area contributed by atoms with Crippen molar-refractivity contribution in [2.24, 2.45) is 0 Å². The van der Waals surface area contributed by atoms with Crippen molar-refractivity contribution in [1.29, 1.82) is 0 Å². The molecule has 0 bridgehead atoms. The van der Waals surface area contributed by atoms with Crippen molar-refractivity contribution in [3.8, 4) is 0 Å². The molecule has 7 nitrogen and oxygen atoms in total. The number of nitrogens with zero attached hydrogens (tertiary/aromatic N) is 3. The van der Waals surface area contributed by atoms with Crippen molar-refractivity contribution in [2.45, 2.75) is 6.92 Å². The van der Waals surface area contributed by atoms with Crippen LogP contribution in [0.2, 0.25) is 0 Å². The summed E-state index contributed by atoms with van der Waals surface area (Å²) in [6, 6.07) is 3.24. The van der Waals surface area contributed by atoms with Crippen LogP contribution in [0.4, 0.5) is 5.82 Å². The zero-order chi connectivity index (χ0) is 15.4. The molecule has 110 valence electrons. The number of rotatable bonds is 4. The Balaban J connectivity index is 1.95. The molecule has 21 heavy (non-hydrogen) atoms. The quantitative estimate of drug-likeness (QED) is 0.906. The number of amides is 2. The largest absolute Gasteiger partial charge is 0.360 e. The van der Waals surface area contributed by atoms with E-state index in [2.05, 4.69) is 31.4 Å². The zero-order valence-corrected chi connectivity index (χ0v) is 13.0. The smallest absolute Gasteiger partial charge is 0.255 e. The fourth-order valence-corrected chi connectivity index (χ4v) is 2.01. The average molecular weight is 353 g/mol. The van der Waals surface area contributed by atoms with Gasteiger partial charge in [0.2, 0.25) is 5.91 Å². The minimum Gasteiger partial charge on any atom is -0.360 e. The lowest BCUT2D eigenvalue weighted by Gasteiger charge is -2.16. The number of pyridine rings is 1. The Morgan fingerprint density at radius 3 is 2.76 bits per heavy atom. The van der Waals surface area contributed by atoms with Gasteiger partial charge in [0.05, 0.1) is 12.1 Å². The fraction of sp³-hybridized carbons (Fsp3) is 0.231. The number of carbonyl (C=O) groups excluding carboxylic acids is 2. The van der Waals surface area contributed by atoms with Crippen LogP contribution in [-0.4, -0.2) is 40.4 Å². The highest BCUT2D eigenvalue weighted by Gasteiger charge is 2.16. The van der Waals surface area contributed by atoms with Gasteiger partial charge in [-0.15, -0.1) is 0 Å². The molecule has 0 unspecified atom stereocenters. The Kier molecular flexibility index (Phi) is 4.69. The van der Waals surface area contributed by atoms with E-state index in [1.165, 1.54) is 18.1 Å². The molecule has 2 heterocycles. The minimum absolute atomic E-state index is 0.0999. The molecule has 0 spiro atoms. The number of nitrogens with one attached hydrogen (secondary N) is 1.